The van der Waals surface area contributed by atoms with Gasteiger partial charge in [-0.3, -0.25) is 9.78 Å². The largest absolute Gasteiger partial charge is 0.311 e. The van der Waals surface area contributed by atoms with Gasteiger partial charge in [0.2, 0.25) is 5.91 Å². The third-order valence-corrected chi connectivity index (χ3v) is 7.21. The standard InChI is InChI=1S/C23H22N6OS2/c1-3-28-22(16-6-9-24-10-7-16)26-27-23(28)32-14-21(30)29-11-8-18-12-17(4-5-20(18)29)19-13-31-15(2)25-19/h4-7,9-10,12-13H,3,8,11,14H2,1-2H3. The van der Waals surface area contributed by atoms with Gasteiger partial charge < -0.3 is 9.47 Å². The van der Waals surface area contributed by atoms with Crippen LogP contribution in [0.25, 0.3) is 22.6 Å². The van der Waals surface area contributed by atoms with Crippen LogP contribution in [-0.2, 0) is 17.8 Å². The maximum Gasteiger partial charge on any atom is 0.237 e. The summed E-state index contributed by atoms with van der Waals surface area (Å²) in [5.74, 6) is 1.20. The predicted octanol–water partition coefficient (Wildman–Crippen LogP) is 4.47. The van der Waals surface area contributed by atoms with E-state index in [1.807, 2.05) is 34.6 Å². The number of benzene rings is 1. The molecule has 0 saturated heterocycles. The van der Waals surface area contributed by atoms with Crippen LogP contribution in [-0.4, -0.2) is 42.9 Å². The second-order valence-corrected chi connectivity index (χ2v) is 9.47. The lowest BCUT2D eigenvalue weighted by Gasteiger charge is -2.17. The monoisotopic (exact) mass is 462 g/mol. The number of aryl methyl sites for hydroxylation is 1. The minimum absolute atomic E-state index is 0.0853. The molecule has 1 aliphatic heterocycles. The molecule has 0 saturated carbocycles. The fourth-order valence-electron chi connectivity index (χ4n) is 3.92. The van der Waals surface area contributed by atoms with E-state index in [0.29, 0.717) is 12.3 Å². The highest BCUT2D eigenvalue weighted by Crippen LogP contribution is 2.33. The molecule has 0 bridgehead atoms. The topological polar surface area (TPSA) is 76.8 Å². The molecule has 4 aromatic rings. The van der Waals surface area contributed by atoms with Crippen molar-refractivity contribution in [3.8, 4) is 22.6 Å². The number of pyridine rings is 1. The van der Waals surface area contributed by atoms with Crippen LogP contribution in [0.2, 0.25) is 0 Å². The first-order valence-electron chi connectivity index (χ1n) is 10.5. The first-order valence-corrected chi connectivity index (χ1v) is 12.3. The van der Waals surface area contributed by atoms with Crippen LogP contribution in [0.4, 0.5) is 5.69 Å². The number of hydrogen-bond donors (Lipinski definition) is 0. The molecule has 4 heterocycles. The Labute approximate surface area is 194 Å². The highest BCUT2D eigenvalue weighted by Gasteiger charge is 2.26. The van der Waals surface area contributed by atoms with Crippen LogP contribution >= 0.6 is 23.1 Å². The molecule has 1 aliphatic rings. The quantitative estimate of drug-likeness (QED) is 0.394. The average Bonchev–Trinajstić information content (AvgIpc) is 3.55. The maximum absolute atomic E-state index is 13.0. The van der Waals surface area contributed by atoms with Gasteiger partial charge in [0.15, 0.2) is 11.0 Å². The number of rotatable bonds is 6. The van der Waals surface area contributed by atoms with E-state index in [0.717, 1.165) is 51.5 Å². The number of hydrogen-bond acceptors (Lipinski definition) is 7. The summed E-state index contributed by atoms with van der Waals surface area (Å²) in [6.07, 6.45) is 4.35. The van der Waals surface area contributed by atoms with Gasteiger partial charge in [-0.25, -0.2) is 4.98 Å². The Morgan fingerprint density at radius 3 is 2.75 bits per heavy atom. The molecule has 162 valence electrons. The number of amides is 1. The van der Waals surface area contributed by atoms with E-state index in [1.54, 1.807) is 23.7 Å². The van der Waals surface area contributed by atoms with Crippen molar-refractivity contribution in [3.05, 3.63) is 58.7 Å². The molecule has 9 heteroatoms. The van der Waals surface area contributed by atoms with E-state index in [-0.39, 0.29) is 5.91 Å². The molecular weight excluding hydrogens is 440 g/mol. The second kappa shape index (κ2) is 8.84. The van der Waals surface area contributed by atoms with Crippen molar-refractivity contribution < 1.29 is 4.79 Å². The Bertz CT molecular complexity index is 1270. The molecule has 5 rings (SSSR count). The third kappa shape index (κ3) is 3.93. The summed E-state index contributed by atoms with van der Waals surface area (Å²) >= 11 is 3.08. The molecule has 0 unspecified atom stereocenters. The van der Waals surface area contributed by atoms with Crippen molar-refractivity contribution in [1.82, 2.24) is 24.7 Å². The van der Waals surface area contributed by atoms with Crippen LogP contribution in [0.15, 0.2) is 53.3 Å². The van der Waals surface area contributed by atoms with E-state index < -0.39 is 0 Å². The summed E-state index contributed by atoms with van der Waals surface area (Å²) in [7, 11) is 0. The summed E-state index contributed by atoms with van der Waals surface area (Å²) < 4.78 is 2.04. The van der Waals surface area contributed by atoms with Crippen molar-refractivity contribution in [2.75, 3.05) is 17.2 Å². The molecule has 0 fully saturated rings. The molecule has 0 atom stereocenters. The first kappa shape index (κ1) is 20.8. The number of aromatic nitrogens is 5. The molecule has 0 spiro atoms. The summed E-state index contributed by atoms with van der Waals surface area (Å²) in [6.45, 7) is 5.50. The van der Waals surface area contributed by atoms with Crippen molar-refractivity contribution in [3.63, 3.8) is 0 Å². The van der Waals surface area contributed by atoms with Crippen LogP contribution in [0.1, 0.15) is 17.5 Å². The highest BCUT2D eigenvalue weighted by atomic mass is 32.2. The van der Waals surface area contributed by atoms with Gasteiger partial charge in [-0.05, 0) is 50.1 Å². The molecule has 32 heavy (non-hydrogen) atoms. The number of thioether (sulfide) groups is 1. The molecule has 3 aromatic heterocycles. The summed E-state index contributed by atoms with van der Waals surface area (Å²) in [6, 6.07) is 10.1. The fourth-order valence-corrected chi connectivity index (χ4v) is 5.42. The van der Waals surface area contributed by atoms with Gasteiger partial charge in [-0.1, -0.05) is 17.8 Å². The number of thiazole rings is 1. The lowest BCUT2D eigenvalue weighted by Crippen LogP contribution is -2.30. The van der Waals surface area contributed by atoms with E-state index in [9.17, 15) is 4.79 Å². The van der Waals surface area contributed by atoms with E-state index in [4.69, 9.17) is 0 Å². The smallest absolute Gasteiger partial charge is 0.237 e. The Balaban J connectivity index is 1.30. The Kier molecular flexibility index (Phi) is 5.75. The van der Waals surface area contributed by atoms with Crippen molar-refractivity contribution in [1.29, 1.82) is 0 Å². The predicted molar refractivity (Wildman–Crippen MR) is 128 cm³/mol. The zero-order valence-electron chi connectivity index (χ0n) is 17.9. The lowest BCUT2D eigenvalue weighted by atomic mass is 10.1. The van der Waals surface area contributed by atoms with Gasteiger partial charge >= 0.3 is 0 Å². The fraction of sp³-hybridized carbons (Fsp3) is 0.261. The van der Waals surface area contributed by atoms with Crippen LogP contribution in [0.5, 0.6) is 0 Å². The zero-order chi connectivity index (χ0) is 22.1. The van der Waals surface area contributed by atoms with E-state index in [1.165, 1.54) is 17.3 Å². The molecule has 7 nitrogen and oxygen atoms in total. The number of anilines is 1. The molecule has 0 aliphatic carbocycles. The summed E-state index contributed by atoms with van der Waals surface area (Å²) in [4.78, 5) is 23.6. The highest BCUT2D eigenvalue weighted by molar-refractivity contribution is 7.99. The average molecular weight is 463 g/mol. The second-order valence-electron chi connectivity index (χ2n) is 7.47. The van der Waals surface area contributed by atoms with Gasteiger partial charge in [0.1, 0.15) is 0 Å². The third-order valence-electron chi connectivity index (χ3n) is 5.49. The molecular formula is C23H22N6OS2. The maximum atomic E-state index is 13.0. The Hall–Kier alpha value is -3.04. The number of carbonyl (C=O) groups excluding carboxylic acids is 1. The SMILES string of the molecule is CCn1c(SCC(=O)N2CCc3cc(-c4csc(C)n4)ccc32)nnc1-c1ccncc1. The van der Waals surface area contributed by atoms with Gasteiger partial charge in [0.25, 0.3) is 0 Å². The Morgan fingerprint density at radius 2 is 2.00 bits per heavy atom. The Morgan fingerprint density at radius 1 is 1.16 bits per heavy atom. The summed E-state index contributed by atoms with van der Waals surface area (Å²) in [5, 5.41) is 12.6. The van der Waals surface area contributed by atoms with Crippen LogP contribution in [0.3, 0.4) is 0 Å². The first-order chi connectivity index (χ1) is 15.6. The van der Waals surface area contributed by atoms with E-state index >= 15 is 0 Å². The van der Waals surface area contributed by atoms with Crippen molar-refractivity contribution in [2.24, 2.45) is 0 Å². The minimum atomic E-state index is 0.0853. The molecule has 0 N–H and O–H groups in total. The van der Waals surface area contributed by atoms with Gasteiger partial charge in [-0.2, -0.15) is 0 Å². The lowest BCUT2D eigenvalue weighted by molar-refractivity contribution is -0.116. The van der Waals surface area contributed by atoms with Crippen molar-refractivity contribution >= 4 is 34.7 Å². The van der Waals surface area contributed by atoms with Crippen molar-refractivity contribution in [2.45, 2.75) is 32.0 Å². The molecule has 1 amide bonds. The van der Waals surface area contributed by atoms with Gasteiger partial charge in [0.05, 0.1) is 16.5 Å². The minimum Gasteiger partial charge on any atom is -0.311 e. The normalized spacial score (nSPS) is 12.9. The summed E-state index contributed by atoms with van der Waals surface area (Å²) in [5.41, 5.74) is 5.27. The molecule has 1 aromatic carbocycles. The number of carbonyl (C=O) groups is 1. The van der Waals surface area contributed by atoms with E-state index in [2.05, 4.69) is 44.6 Å². The van der Waals surface area contributed by atoms with Gasteiger partial charge in [-0.15, -0.1) is 21.5 Å². The number of fused-ring (bicyclic) bond motifs is 1. The van der Waals surface area contributed by atoms with Crippen LogP contribution in [0, 0.1) is 6.92 Å². The van der Waals surface area contributed by atoms with Gasteiger partial charge in [0, 0.05) is 47.7 Å². The molecule has 0 radical (unpaired) electrons. The van der Waals surface area contributed by atoms with Crippen LogP contribution < -0.4 is 4.90 Å². The zero-order valence-corrected chi connectivity index (χ0v) is 19.5. The number of nitrogens with zero attached hydrogens (tertiary/aromatic N) is 6.